The van der Waals surface area contributed by atoms with Gasteiger partial charge >= 0.3 is 0 Å². The maximum Gasteiger partial charge on any atom is 0.123 e. The van der Waals surface area contributed by atoms with Crippen LogP contribution in [0.4, 0.5) is 4.39 Å². The minimum Gasteiger partial charge on any atom is -0.373 e. The molecule has 2 bridgehead atoms. The third kappa shape index (κ3) is 3.22. The van der Waals surface area contributed by atoms with Gasteiger partial charge in [-0.25, -0.2) is 4.39 Å². The fourth-order valence-electron chi connectivity index (χ4n) is 2.98. The molecule has 18 heavy (non-hydrogen) atoms. The van der Waals surface area contributed by atoms with Crippen LogP contribution >= 0.6 is 12.4 Å². The van der Waals surface area contributed by atoms with Crippen LogP contribution in [0, 0.1) is 5.82 Å². The maximum absolute atomic E-state index is 13.0. The Morgan fingerprint density at radius 1 is 1.22 bits per heavy atom. The molecular formula is C14H19ClFNO. The highest BCUT2D eigenvalue weighted by Crippen LogP contribution is 2.28. The lowest BCUT2D eigenvalue weighted by molar-refractivity contribution is 0.00907. The number of hydrogen-bond acceptors (Lipinski definition) is 2. The molecule has 1 aromatic rings. The average Bonchev–Trinajstić information content (AvgIpc) is 2.66. The molecule has 100 valence electrons. The molecule has 3 rings (SSSR count). The monoisotopic (exact) mass is 271 g/mol. The van der Waals surface area contributed by atoms with Gasteiger partial charge in [-0.05, 0) is 43.4 Å². The zero-order valence-electron chi connectivity index (χ0n) is 10.3. The summed E-state index contributed by atoms with van der Waals surface area (Å²) >= 11 is 0. The molecule has 4 heteroatoms. The van der Waals surface area contributed by atoms with E-state index in [0.29, 0.717) is 24.8 Å². The summed E-state index contributed by atoms with van der Waals surface area (Å²) in [6, 6.07) is 7.96. The Morgan fingerprint density at radius 2 is 1.94 bits per heavy atom. The molecule has 3 atom stereocenters. The molecule has 2 heterocycles. The second-order valence-corrected chi connectivity index (χ2v) is 5.17. The molecule has 2 aliphatic rings. The number of benzene rings is 1. The fraction of sp³-hybridized carbons (Fsp3) is 0.571. The Morgan fingerprint density at radius 3 is 2.61 bits per heavy atom. The van der Waals surface area contributed by atoms with E-state index in [9.17, 15) is 4.39 Å². The van der Waals surface area contributed by atoms with E-state index in [1.165, 1.54) is 18.9 Å². The summed E-state index contributed by atoms with van der Waals surface area (Å²) in [4.78, 5) is 0. The van der Waals surface area contributed by atoms with E-state index in [0.717, 1.165) is 18.4 Å². The number of halogens is 2. The smallest absolute Gasteiger partial charge is 0.123 e. The summed E-state index contributed by atoms with van der Waals surface area (Å²) in [6.45, 7) is 0.530. The van der Waals surface area contributed by atoms with E-state index in [1.54, 1.807) is 12.1 Å². The normalized spacial score (nSPS) is 29.9. The van der Waals surface area contributed by atoms with Crippen molar-refractivity contribution in [3.63, 3.8) is 0 Å². The first-order valence-electron chi connectivity index (χ1n) is 6.42. The van der Waals surface area contributed by atoms with Gasteiger partial charge in [0.2, 0.25) is 0 Å². The first-order chi connectivity index (χ1) is 8.29. The van der Waals surface area contributed by atoms with Crippen molar-refractivity contribution < 1.29 is 9.13 Å². The zero-order chi connectivity index (χ0) is 11.7. The summed E-state index contributed by atoms with van der Waals surface area (Å²) in [5, 5.41) is 3.59. The predicted molar refractivity (Wildman–Crippen MR) is 71.4 cm³/mol. The summed E-state index contributed by atoms with van der Waals surface area (Å²) in [5.74, 6) is -0.184. The summed E-state index contributed by atoms with van der Waals surface area (Å²) in [5.41, 5.74) is 0.927. The lowest BCUT2D eigenvalue weighted by Gasteiger charge is -2.29. The van der Waals surface area contributed by atoms with E-state index in [2.05, 4.69) is 5.32 Å². The first kappa shape index (κ1) is 13.8. The van der Waals surface area contributed by atoms with Gasteiger partial charge in [-0.3, -0.25) is 0 Å². The molecule has 0 spiro atoms. The highest BCUT2D eigenvalue weighted by Gasteiger charge is 2.33. The van der Waals surface area contributed by atoms with Crippen LogP contribution < -0.4 is 5.32 Å². The van der Waals surface area contributed by atoms with Crippen molar-refractivity contribution in [2.45, 2.75) is 50.5 Å². The molecule has 0 aliphatic carbocycles. The molecule has 1 aromatic carbocycles. The summed E-state index contributed by atoms with van der Waals surface area (Å²) < 4.78 is 18.9. The Hall–Kier alpha value is -0.640. The lowest BCUT2D eigenvalue weighted by atomic mass is 10.0. The van der Waals surface area contributed by atoms with Gasteiger partial charge in [-0.15, -0.1) is 12.4 Å². The number of ether oxygens (including phenoxy) is 1. The van der Waals surface area contributed by atoms with Crippen LogP contribution in [0.1, 0.15) is 31.2 Å². The molecule has 2 fully saturated rings. The number of rotatable bonds is 3. The van der Waals surface area contributed by atoms with Gasteiger partial charge in [0.15, 0.2) is 0 Å². The van der Waals surface area contributed by atoms with E-state index in [1.807, 2.05) is 6.07 Å². The average molecular weight is 272 g/mol. The van der Waals surface area contributed by atoms with Crippen molar-refractivity contribution in [3.05, 3.63) is 35.6 Å². The molecule has 0 radical (unpaired) electrons. The van der Waals surface area contributed by atoms with Crippen molar-refractivity contribution in [3.8, 4) is 0 Å². The number of nitrogens with one attached hydrogen (secondary N) is 1. The highest BCUT2D eigenvalue weighted by molar-refractivity contribution is 5.85. The molecule has 2 saturated heterocycles. The first-order valence-corrected chi connectivity index (χ1v) is 6.42. The van der Waals surface area contributed by atoms with Crippen molar-refractivity contribution in [1.29, 1.82) is 0 Å². The van der Waals surface area contributed by atoms with E-state index >= 15 is 0 Å². The third-order valence-corrected chi connectivity index (χ3v) is 3.80. The molecule has 0 amide bonds. The number of piperidine rings is 1. The van der Waals surface area contributed by atoms with Crippen LogP contribution in [0.2, 0.25) is 0 Å². The van der Waals surface area contributed by atoms with Gasteiger partial charge in [0.1, 0.15) is 5.82 Å². The van der Waals surface area contributed by atoms with Gasteiger partial charge in [0, 0.05) is 12.1 Å². The van der Waals surface area contributed by atoms with Gasteiger partial charge in [0.25, 0.3) is 0 Å². The van der Waals surface area contributed by atoms with Crippen molar-refractivity contribution in [1.82, 2.24) is 5.32 Å². The maximum atomic E-state index is 13.0. The van der Waals surface area contributed by atoms with E-state index in [4.69, 9.17) is 4.74 Å². The van der Waals surface area contributed by atoms with E-state index in [-0.39, 0.29) is 18.2 Å². The van der Waals surface area contributed by atoms with Crippen LogP contribution in [0.15, 0.2) is 24.3 Å². The molecule has 0 saturated carbocycles. The van der Waals surface area contributed by atoms with Crippen LogP contribution in [0.3, 0.4) is 0 Å². The van der Waals surface area contributed by atoms with Crippen LogP contribution in [0.25, 0.3) is 0 Å². The molecule has 2 nitrogen and oxygen atoms in total. The zero-order valence-corrected chi connectivity index (χ0v) is 11.1. The number of hydrogen-bond donors (Lipinski definition) is 1. The molecular weight excluding hydrogens is 253 g/mol. The predicted octanol–water partition coefficient (Wildman–Crippen LogP) is 3.05. The van der Waals surface area contributed by atoms with Crippen LogP contribution in [-0.4, -0.2) is 18.2 Å². The second-order valence-electron chi connectivity index (χ2n) is 5.17. The standard InChI is InChI=1S/C14H18FNO.ClH/c15-11-3-1-2-10(6-11)9-17-14-7-12-4-5-13(8-14)16-12;/h1-3,6,12-14,16H,4-5,7-9H2;1H/t12-,13+,14+;. The fourth-order valence-corrected chi connectivity index (χ4v) is 2.98. The Kier molecular flexibility index (Phi) is 4.60. The Bertz CT molecular complexity index is 389. The minimum atomic E-state index is -0.184. The molecule has 1 N–H and O–H groups in total. The van der Waals surface area contributed by atoms with Crippen LogP contribution in [0.5, 0.6) is 0 Å². The Labute approximate surface area is 113 Å². The second kappa shape index (κ2) is 6.00. The van der Waals surface area contributed by atoms with Gasteiger partial charge in [0.05, 0.1) is 12.7 Å². The molecule has 2 aliphatic heterocycles. The quantitative estimate of drug-likeness (QED) is 0.912. The number of fused-ring (bicyclic) bond motifs is 2. The van der Waals surface area contributed by atoms with E-state index < -0.39 is 0 Å². The third-order valence-electron chi connectivity index (χ3n) is 3.80. The highest BCUT2D eigenvalue weighted by atomic mass is 35.5. The van der Waals surface area contributed by atoms with Gasteiger partial charge in [-0.2, -0.15) is 0 Å². The Balaban J connectivity index is 0.00000120. The van der Waals surface area contributed by atoms with Gasteiger partial charge in [-0.1, -0.05) is 12.1 Å². The molecule has 0 unspecified atom stereocenters. The minimum absolute atomic E-state index is 0. The van der Waals surface area contributed by atoms with Crippen molar-refractivity contribution in [2.24, 2.45) is 0 Å². The summed E-state index contributed by atoms with van der Waals surface area (Å²) in [7, 11) is 0. The van der Waals surface area contributed by atoms with Gasteiger partial charge < -0.3 is 10.1 Å². The van der Waals surface area contributed by atoms with Crippen LogP contribution in [-0.2, 0) is 11.3 Å². The summed E-state index contributed by atoms with van der Waals surface area (Å²) in [6.07, 6.45) is 5.11. The van der Waals surface area contributed by atoms with Crippen molar-refractivity contribution >= 4 is 12.4 Å². The largest absolute Gasteiger partial charge is 0.373 e. The van der Waals surface area contributed by atoms with Crippen molar-refractivity contribution in [2.75, 3.05) is 0 Å². The molecule has 0 aromatic heterocycles. The SMILES string of the molecule is Cl.Fc1cccc(CO[C@H]2C[C@H]3CC[C@@H](C2)N3)c1. The lowest BCUT2D eigenvalue weighted by Crippen LogP contribution is -2.41. The topological polar surface area (TPSA) is 21.3 Å².